The number of methoxy groups -OCH3 is 1. The summed E-state index contributed by atoms with van der Waals surface area (Å²) in [6.45, 7) is 8.11. The van der Waals surface area contributed by atoms with Crippen molar-refractivity contribution in [1.82, 2.24) is 0 Å². The van der Waals surface area contributed by atoms with Gasteiger partial charge in [-0.2, -0.15) is 0 Å². The van der Waals surface area contributed by atoms with Crippen LogP contribution in [0.4, 0.5) is 4.79 Å². The third kappa shape index (κ3) is 3.28. The van der Waals surface area contributed by atoms with Gasteiger partial charge in [-0.15, -0.1) is 0 Å². The molecule has 1 saturated heterocycles. The van der Waals surface area contributed by atoms with Crippen molar-refractivity contribution in [2.24, 2.45) is 40.4 Å². The molecule has 1 unspecified atom stereocenters. The molecule has 5 aliphatic rings. The van der Waals surface area contributed by atoms with Gasteiger partial charge in [-0.3, -0.25) is 4.79 Å². The Morgan fingerprint density at radius 1 is 1.18 bits per heavy atom. The van der Waals surface area contributed by atoms with Gasteiger partial charge in [-0.1, -0.05) is 26.3 Å². The highest BCUT2D eigenvalue weighted by molar-refractivity contribution is 5.66. The van der Waals surface area contributed by atoms with Crippen LogP contribution in [0.2, 0.25) is 0 Å². The van der Waals surface area contributed by atoms with E-state index in [1.165, 1.54) is 19.6 Å². The number of hydrogen-bond acceptors (Lipinski definition) is 7. The summed E-state index contributed by atoms with van der Waals surface area (Å²) in [4.78, 5) is 35.6. The fourth-order valence-corrected chi connectivity index (χ4v) is 8.58. The minimum absolute atomic E-state index is 0.0175. The number of epoxide rings is 1. The standard InChI is InChI=1S/C26H36O7/c1-13(12-27)16-6-7-17-21-18(8-9-25(16,17)3)26(4)15(10-19(21)32-24(29)30-5)11-20(31-14(2)28)22-23(26)33-22/h10,12-13,16-23H,6-9,11H2,1-5H3/t13?,16-,17+,18+,19-,20-,21+,22+,23+,25-,26+/m1/s1. The summed E-state index contributed by atoms with van der Waals surface area (Å²) in [6, 6.07) is 0. The lowest BCUT2D eigenvalue weighted by molar-refractivity contribution is -0.148. The smallest absolute Gasteiger partial charge is 0.459 e. The Labute approximate surface area is 195 Å². The maximum Gasteiger partial charge on any atom is 0.508 e. The summed E-state index contributed by atoms with van der Waals surface area (Å²) in [5.74, 6) is 0.875. The molecule has 0 aromatic rings. The Hall–Kier alpha value is -1.89. The van der Waals surface area contributed by atoms with E-state index in [1.54, 1.807) is 0 Å². The molecule has 0 aromatic heterocycles. The molecule has 0 aromatic carbocycles. The second-order valence-electron chi connectivity index (χ2n) is 11.4. The highest BCUT2D eigenvalue weighted by Gasteiger charge is 2.70. The molecule has 182 valence electrons. The summed E-state index contributed by atoms with van der Waals surface area (Å²) in [7, 11) is 1.34. The molecule has 0 amide bonds. The SMILES string of the molecule is COC(=O)O[C@@H]1C=C2C[C@@H](OC(C)=O)[C@@H]3O[C@@H]3[C@]2(C)[C@H]2CC[C@]3(C)[C@@H](C(C)C=O)CC[C@H]3[C@H]12. The molecule has 1 heterocycles. The molecular formula is C26H36O7. The zero-order valence-corrected chi connectivity index (χ0v) is 20.2. The quantitative estimate of drug-likeness (QED) is 0.270. The van der Waals surface area contributed by atoms with E-state index in [-0.39, 0.29) is 46.9 Å². The van der Waals surface area contributed by atoms with Crippen molar-refractivity contribution in [2.75, 3.05) is 7.11 Å². The zero-order valence-electron chi connectivity index (χ0n) is 20.2. The average molecular weight is 461 g/mol. The summed E-state index contributed by atoms with van der Waals surface area (Å²) in [5, 5.41) is 0. The maximum absolute atomic E-state index is 12.3. The van der Waals surface area contributed by atoms with Crippen molar-refractivity contribution in [2.45, 2.75) is 84.2 Å². The van der Waals surface area contributed by atoms with Gasteiger partial charge in [0.05, 0.1) is 13.2 Å². The molecule has 5 rings (SSSR count). The first-order valence-electron chi connectivity index (χ1n) is 12.4. The van der Waals surface area contributed by atoms with E-state index in [2.05, 4.69) is 19.9 Å². The second kappa shape index (κ2) is 7.82. The molecule has 3 saturated carbocycles. The van der Waals surface area contributed by atoms with Crippen LogP contribution in [0, 0.1) is 40.4 Å². The number of aldehydes is 1. The maximum atomic E-state index is 12.3. The van der Waals surface area contributed by atoms with Gasteiger partial charge in [-0.05, 0) is 54.9 Å². The van der Waals surface area contributed by atoms with E-state index in [4.69, 9.17) is 18.9 Å². The molecule has 0 radical (unpaired) electrons. The Kier molecular flexibility index (Phi) is 5.42. The largest absolute Gasteiger partial charge is 0.508 e. The fraction of sp³-hybridized carbons (Fsp3) is 0.808. The van der Waals surface area contributed by atoms with Crippen LogP contribution in [0.15, 0.2) is 11.6 Å². The summed E-state index contributed by atoms with van der Waals surface area (Å²) >= 11 is 0. The Morgan fingerprint density at radius 2 is 1.94 bits per heavy atom. The molecule has 4 aliphatic carbocycles. The van der Waals surface area contributed by atoms with Crippen molar-refractivity contribution in [3.8, 4) is 0 Å². The molecule has 33 heavy (non-hydrogen) atoms. The van der Waals surface area contributed by atoms with E-state index >= 15 is 0 Å². The number of fused-ring (bicyclic) bond motifs is 7. The number of carbonyl (C=O) groups is 3. The van der Waals surface area contributed by atoms with Crippen LogP contribution in [0.25, 0.3) is 0 Å². The molecule has 7 heteroatoms. The van der Waals surface area contributed by atoms with Gasteiger partial charge < -0.3 is 23.7 Å². The van der Waals surface area contributed by atoms with Crippen LogP contribution in [-0.2, 0) is 28.5 Å². The van der Waals surface area contributed by atoms with Gasteiger partial charge >= 0.3 is 12.1 Å². The molecule has 11 atom stereocenters. The number of ether oxygens (including phenoxy) is 4. The minimum Gasteiger partial charge on any atom is -0.459 e. The predicted octanol–water partition coefficient (Wildman–Crippen LogP) is 4.08. The van der Waals surface area contributed by atoms with Gasteiger partial charge in [0.2, 0.25) is 0 Å². The average Bonchev–Trinajstić information content (AvgIpc) is 3.51. The van der Waals surface area contributed by atoms with Crippen LogP contribution < -0.4 is 0 Å². The monoisotopic (exact) mass is 460 g/mol. The van der Waals surface area contributed by atoms with Gasteiger partial charge in [0.1, 0.15) is 24.6 Å². The van der Waals surface area contributed by atoms with Crippen molar-refractivity contribution < 1.29 is 33.3 Å². The molecule has 0 spiro atoms. The van der Waals surface area contributed by atoms with Crippen LogP contribution >= 0.6 is 0 Å². The Balaban J connectivity index is 1.53. The van der Waals surface area contributed by atoms with E-state index in [0.29, 0.717) is 24.2 Å². The van der Waals surface area contributed by atoms with E-state index < -0.39 is 12.3 Å². The first-order valence-corrected chi connectivity index (χ1v) is 12.4. The van der Waals surface area contributed by atoms with Crippen LogP contribution in [-0.4, -0.2) is 49.9 Å². The molecule has 4 fully saturated rings. The van der Waals surface area contributed by atoms with Crippen LogP contribution in [0.1, 0.15) is 59.8 Å². The second-order valence-corrected chi connectivity index (χ2v) is 11.4. The third-order valence-electron chi connectivity index (χ3n) is 10.1. The van der Waals surface area contributed by atoms with Gasteiger partial charge in [0.25, 0.3) is 0 Å². The number of carbonyl (C=O) groups excluding carboxylic acids is 3. The summed E-state index contributed by atoms with van der Waals surface area (Å²) < 4.78 is 22.5. The predicted molar refractivity (Wildman–Crippen MR) is 118 cm³/mol. The summed E-state index contributed by atoms with van der Waals surface area (Å²) in [5.41, 5.74) is 1.04. The molecule has 0 bridgehead atoms. The molecule has 1 aliphatic heterocycles. The first kappa shape index (κ1) is 22.9. The van der Waals surface area contributed by atoms with E-state index in [9.17, 15) is 14.4 Å². The van der Waals surface area contributed by atoms with Crippen LogP contribution in [0.3, 0.4) is 0 Å². The molecule has 7 nitrogen and oxygen atoms in total. The normalized spacial score (nSPS) is 48.1. The van der Waals surface area contributed by atoms with Gasteiger partial charge in [0.15, 0.2) is 0 Å². The van der Waals surface area contributed by atoms with Gasteiger partial charge in [0, 0.05) is 30.6 Å². The third-order valence-corrected chi connectivity index (χ3v) is 10.1. The molecular weight excluding hydrogens is 424 g/mol. The lowest BCUT2D eigenvalue weighted by Gasteiger charge is -2.58. The fourth-order valence-electron chi connectivity index (χ4n) is 8.58. The van der Waals surface area contributed by atoms with E-state index in [1.807, 2.05) is 6.92 Å². The number of rotatable bonds is 4. The van der Waals surface area contributed by atoms with Crippen molar-refractivity contribution in [1.29, 1.82) is 0 Å². The first-order chi connectivity index (χ1) is 15.6. The minimum atomic E-state index is -0.671. The number of esters is 1. The highest BCUT2D eigenvalue weighted by atomic mass is 16.7. The van der Waals surface area contributed by atoms with Crippen molar-refractivity contribution in [3.05, 3.63) is 11.6 Å². The van der Waals surface area contributed by atoms with Crippen LogP contribution in [0.5, 0.6) is 0 Å². The Morgan fingerprint density at radius 3 is 2.61 bits per heavy atom. The lowest BCUT2D eigenvalue weighted by Crippen LogP contribution is -2.58. The zero-order chi connectivity index (χ0) is 23.7. The Bertz CT molecular complexity index is 882. The number of hydrogen-bond donors (Lipinski definition) is 0. The topological polar surface area (TPSA) is 91.4 Å². The van der Waals surface area contributed by atoms with E-state index in [0.717, 1.165) is 32.0 Å². The van der Waals surface area contributed by atoms with Gasteiger partial charge in [-0.25, -0.2) is 4.79 Å². The molecule has 0 N–H and O–H groups in total. The van der Waals surface area contributed by atoms with Crippen molar-refractivity contribution >= 4 is 18.4 Å². The summed E-state index contributed by atoms with van der Waals surface area (Å²) in [6.07, 6.45) is 6.53. The lowest BCUT2D eigenvalue weighted by atomic mass is 9.46. The highest BCUT2D eigenvalue weighted by Crippen LogP contribution is 2.69. The van der Waals surface area contributed by atoms with Crippen molar-refractivity contribution in [3.63, 3.8) is 0 Å².